The molecule has 3 rings (SSSR count). The summed E-state index contributed by atoms with van der Waals surface area (Å²) in [6.07, 6.45) is 6.33. The van der Waals surface area contributed by atoms with Crippen LogP contribution in [0.5, 0.6) is 0 Å². The molecule has 1 aliphatic rings. The topological polar surface area (TPSA) is 57.8 Å². The van der Waals surface area contributed by atoms with Crippen molar-refractivity contribution in [3.8, 4) is 0 Å². The molecule has 0 bridgehead atoms. The molecule has 1 aliphatic carbocycles. The van der Waals surface area contributed by atoms with Gasteiger partial charge in [-0.25, -0.2) is 0 Å². The van der Waals surface area contributed by atoms with Gasteiger partial charge < -0.3 is 5.32 Å². The number of nitrogens with one attached hydrogen (secondary N) is 2. The van der Waals surface area contributed by atoms with Crippen LogP contribution in [0.3, 0.4) is 0 Å². The van der Waals surface area contributed by atoms with E-state index in [0.29, 0.717) is 5.69 Å². The summed E-state index contributed by atoms with van der Waals surface area (Å²) in [6.45, 7) is 6.47. The molecule has 124 valence electrons. The average Bonchev–Trinajstić information content (AvgIpc) is 3.10. The van der Waals surface area contributed by atoms with E-state index in [2.05, 4.69) is 29.4 Å². The van der Waals surface area contributed by atoms with Gasteiger partial charge in [-0.2, -0.15) is 5.10 Å². The van der Waals surface area contributed by atoms with Crippen molar-refractivity contribution in [3.05, 3.63) is 29.5 Å². The van der Waals surface area contributed by atoms with Crippen LogP contribution in [-0.4, -0.2) is 22.1 Å². The zero-order chi connectivity index (χ0) is 16.4. The molecule has 0 spiro atoms. The zero-order valence-corrected chi connectivity index (χ0v) is 14.4. The summed E-state index contributed by atoms with van der Waals surface area (Å²) in [6, 6.07) is 6.19. The Bertz CT molecular complexity index is 691. The second-order valence-electron chi connectivity index (χ2n) is 7.36. The van der Waals surface area contributed by atoms with Gasteiger partial charge in [-0.05, 0) is 56.6 Å². The highest BCUT2D eigenvalue weighted by atomic mass is 16.2. The predicted octanol–water partition coefficient (Wildman–Crippen LogP) is 4.21. The lowest BCUT2D eigenvalue weighted by atomic mass is 9.98. The van der Waals surface area contributed by atoms with E-state index < -0.39 is 0 Å². The number of rotatable bonds is 5. The predicted molar refractivity (Wildman–Crippen MR) is 93.5 cm³/mol. The maximum atomic E-state index is 12.5. The van der Waals surface area contributed by atoms with E-state index in [4.69, 9.17) is 0 Å². The third kappa shape index (κ3) is 3.74. The molecule has 1 saturated carbocycles. The van der Waals surface area contributed by atoms with Crippen LogP contribution in [0.2, 0.25) is 0 Å². The van der Waals surface area contributed by atoms with E-state index in [1.54, 1.807) is 0 Å². The van der Waals surface area contributed by atoms with Crippen molar-refractivity contribution < 1.29 is 4.79 Å². The number of hydrogen-bond acceptors (Lipinski definition) is 2. The number of aromatic amines is 1. The van der Waals surface area contributed by atoms with Crippen molar-refractivity contribution in [2.75, 3.05) is 0 Å². The van der Waals surface area contributed by atoms with Crippen LogP contribution >= 0.6 is 0 Å². The summed E-state index contributed by atoms with van der Waals surface area (Å²) in [5.41, 5.74) is 2.58. The van der Waals surface area contributed by atoms with Crippen molar-refractivity contribution >= 4 is 16.8 Å². The minimum absolute atomic E-state index is 0.0765. The fraction of sp³-hybridized carbons (Fsp3) is 0.579. The first-order valence-electron chi connectivity index (χ1n) is 8.78. The maximum Gasteiger partial charge on any atom is 0.272 e. The van der Waals surface area contributed by atoms with Crippen molar-refractivity contribution in [2.24, 2.45) is 11.8 Å². The molecule has 23 heavy (non-hydrogen) atoms. The van der Waals surface area contributed by atoms with Gasteiger partial charge in [0.15, 0.2) is 5.69 Å². The first kappa shape index (κ1) is 16.0. The second-order valence-corrected chi connectivity index (χ2v) is 7.36. The Morgan fingerprint density at radius 1 is 1.43 bits per heavy atom. The van der Waals surface area contributed by atoms with Crippen molar-refractivity contribution in [1.82, 2.24) is 15.5 Å². The molecular formula is C19H27N3O. The number of aryl methyl sites for hydroxylation is 1. The SMILES string of the molecule is Cc1ccc2c(C(=O)N[C@H](C)CC[C@H]3CC[C@@H](C)C3)n[nH]c2c1. The van der Waals surface area contributed by atoms with Crippen LogP contribution in [0.1, 0.15) is 62.0 Å². The molecule has 1 heterocycles. The maximum absolute atomic E-state index is 12.5. The van der Waals surface area contributed by atoms with Gasteiger partial charge >= 0.3 is 0 Å². The molecular weight excluding hydrogens is 286 g/mol. The van der Waals surface area contributed by atoms with Crippen molar-refractivity contribution in [1.29, 1.82) is 0 Å². The highest BCUT2D eigenvalue weighted by molar-refractivity contribution is 6.04. The number of H-pyrrole nitrogens is 1. The van der Waals surface area contributed by atoms with Crippen LogP contribution in [0, 0.1) is 18.8 Å². The van der Waals surface area contributed by atoms with E-state index >= 15 is 0 Å². The largest absolute Gasteiger partial charge is 0.348 e. The van der Waals surface area contributed by atoms with Crippen LogP contribution in [0.4, 0.5) is 0 Å². The van der Waals surface area contributed by atoms with Crippen LogP contribution in [0.25, 0.3) is 10.9 Å². The third-order valence-corrected chi connectivity index (χ3v) is 5.12. The molecule has 1 aromatic carbocycles. The minimum Gasteiger partial charge on any atom is -0.348 e. The smallest absolute Gasteiger partial charge is 0.272 e. The molecule has 2 N–H and O–H groups in total. The Hall–Kier alpha value is -1.84. The van der Waals surface area contributed by atoms with Gasteiger partial charge in [-0.1, -0.05) is 31.9 Å². The summed E-state index contributed by atoms with van der Waals surface area (Å²) in [5.74, 6) is 1.65. The van der Waals surface area contributed by atoms with Gasteiger partial charge in [-0.3, -0.25) is 9.89 Å². The Labute approximate surface area is 138 Å². The van der Waals surface area contributed by atoms with Crippen LogP contribution < -0.4 is 5.32 Å². The molecule has 4 nitrogen and oxygen atoms in total. The summed E-state index contributed by atoms with van der Waals surface area (Å²) in [4.78, 5) is 12.5. The summed E-state index contributed by atoms with van der Waals surface area (Å²) in [7, 11) is 0. The second kappa shape index (κ2) is 6.73. The van der Waals surface area contributed by atoms with E-state index in [-0.39, 0.29) is 11.9 Å². The standard InChI is InChI=1S/C19H27N3O/c1-12-4-7-15(10-12)8-6-14(3)20-19(23)18-16-9-5-13(2)11-17(16)21-22-18/h5,9,11-12,14-15H,4,6-8,10H2,1-3H3,(H,20,23)(H,21,22)/t12-,14-,15-/m1/s1. The van der Waals surface area contributed by atoms with Crippen molar-refractivity contribution in [2.45, 2.75) is 58.9 Å². The number of fused-ring (bicyclic) bond motifs is 1. The molecule has 2 aromatic rings. The quantitative estimate of drug-likeness (QED) is 0.869. The van der Waals surface area contributed by atoms with E-state index in [1.165, 1.54) is 25.7 Å². The van der Waals surface area contributed by atoms with Gasteiger partial charge in [0.1, 0.15) is 0 Å². The van der Waals surface area contributed by atoms with E-state index in [1.807, 2.05) is 25.1 Å². The summed E-state index contributed by atoms with van der Waals surface area (Å²) in [5, 5.41) is 11.2. The molecule has 0 unspecified atom stereocenters. The number of carbonyl (C=O) groups excluding carboxylic acids is 1. The lowest BCUT2D eigenvalue weighted by Crippen LogP contribution is -2.33. The highest BCUT2D eigenvalue weighted by Crippen LogP contribution is 2.33. The lowest BCUT2D eigenvalue weighted by molar-refractivity contribution is 0.0933. The molecule has 3 atom stereocenters. The van der Waals surface area contributed by atoms with Gasteiger partial charge in [0.05, 0.1) is 5.52 Å². The lowest BCUT2D eigenvalue weighted by Gasteiger charge is -2.16. The van der Waals surface area contributed by atoms with Crippen LogP contribution in [0.15, 0.2) is 18.2 Å². The average molecular weight is 313 g/mol. The summed E-state index contributed by atoms with van der Waals surface area (Å²) >= 11 is 0. The number of nitrogens with zero attached hydrogens (tertiary/aromatic N) is 1. The zero-order valence-electron chi connectivity index (χ0n) is 14.4. The fourth-order valence-corrected chi connectivity index (χ4v) is 3.74. The normalized spacial score (nSPS) is 22.4. The molecule has 0 radical (unpaired) electrons. The number of aromatic nitrogens is 2. The van der Waals surface area contributed by atoms with Crippen LogP contribution in [-0.2, 0) is 0 Å². The number of hydrogen-bond donors (Lipinski definition) is 2. The highest BCUT2D eigenvalue weighted by Gasteiger charge is 2.22. The number of benzene rings is 1. The van der Waals surface area contributed by atoms with E-state index in [9.17, 15) is 4.79 Å². The van der Waals surface area contributed by atoms with Gasteiger partial charge in [0, 0.05) is 11.4 Å². The molecule has 1 aromatic heterocycles. The molecule has 4 heteroatoms. The fourth-order valence-electron chi connectivity index (χ4n) is 3.74. The van der Waals surface area contributed by atoms with E-state index in [0.717, 1.165) is 34.7 Å². The third-order valence-electron chi connectivity index (χ3n) is 5.12. The number of carbonyl (C=O) groups is 1. The molecule has 1 amide bonds. The van der Waals surface area contributed by atoms with Gasteiger partial charge in [0.2, 0.25) is 0 Å². The Morgan fingerprint density at radius 2 is 2.26 bits per heavy atom. The minimum atomic E-state index is -0.0765. The molecule has 0 aliphatic heterocycles. The first-order chi connectivity index (χ1) is 11.0. The molecule has 0 saturated heterocycles. The Kier molecular flexibility index (Phi) is 4.69. The monoisotopic (exact) mass is 313 g/mol. The van der Waals surface area contributed by atoms with Crippen molar-refractivity contribution in [3.63, 3.8) is 0 Å². The Morgan fingerprint density at radius 3 is 3.00 bits per heavy atom. The van der Waals surface area contributed by atoms with Gasteiger partial charge in [0.25, 0.3) is 5.91 Å². The molecule has 1 fully saturated rings. The first-order valence-corrected chi connectivity index (χ1v) is 8.78. The summed E-state index contributed by atoms with van der Waals surface area (Å²) < 4.78 is 0. The Balaban J connectivity index is 1.57. The number of amides is 1. The van der Waals surface area contributed by atoms with Gasteiger partial charge in [-0.15, -0.1) is 0 Å².